The first kappa shape index (κ1) is 11.8. The van der Waals surface area contributed by atoms with E-state index in [1.807, 2.05) is 6.92 Å². The van der Waals surface area contributed by atoms with Crippen molar-refractivity contribution in [3.05, 3.63) is 12.2 Å². The summed E-state index contributed by atoms with van der Waals surface area (Å²) in [5, 5.41) is 11.3. The maximum Gasteiger partial charge on any atom is 0.193 e. The average Bonchev–Trinajstić information content (AvgIpc) is 3.10. The largest absolute Gasteiger partial charge is 0.379 e. The van der Waals surface area contributed by atoms with E-state index < -0.39 is 35.0 Å². The van der Waals surface area contributed by atoms with Crippen LogP contribution in [-0.2, 0) is 23.7 Å². The lowest BCUT2D eigenvalue weighted by atomic mass is 9.64. The molecule has 4 aliphatic heterocycles. The minimum atomic E-state index is -1.38. The van der Waals surface area contributed by atoms with Crippen molar-refractivity contribution in [3.8, 4) is 0 Å². The predicted octanol–water partition coefficient (Wildman–Crippen LogP) is 0.0360. The Morgan fingerprint density at radius 1 is 1.30 bits per heavy atom. The van der Waals surface area contributed by atoms with Crippen molar-refractivity contribution in [2.75, 3.05) is 6.61 Å². The minimum Gasteiger partial charge on any atom is -0.379 e. The van der Waals surface area contributed by atoms with Gasteiger partial charge in [0.2, 0.25) is 0 Å². The molecule has 1 unspecified atom stereocenters. The van der Waals surface area contributed by atoms with Gasteiger partial charge in [-0.15, -0.1) is 0 Å². The second-order valence-electron chi connectivity index (χ2n) is 6.63. The van der Waals surface area contributed by atoms with Crippen LogP contribution in [0.4, 0.5) is 0 Å². The molecule has 0 aromatic rings. The van der Waals surface area contributed by atoms with Crippen LogP contribution in [0.25, 0.3) is 0 Å². The van der Waals surface area contributed by atoms with Gasteiger partial charge < -0.3 is 24.1 Å². The molecule has 5 rings (SSSR count). The summed E-state index contributed by atoms with van der Waals surface area (Å²) in [7, 11) is 0. The molecule has 6 nitrogen and oxygen atoms in total. The molecule has 0 radical (unpaired) electrons. The standard InChI is InChI=1S/C14H16O6/c1-11-4-2-5-12(20-11)10(19-11)17-7-13-9(18-13)8(15)3-6-14(12,13)16/h3,6,9-10,16H,2,4-5,7H2,1H3/t9-,10?,11-,12+,13-,14+/m0/s1. The highest BCUT2D eigenvalue weighted by Crippen LogP contribution is 2.64. The molecule has 0 aromatic heterocycles. The first-order valence-electron chi connectivity index (χ1n) is 7.08. The van der Waals surface area contributed by atoms with Crippen molar-refractivity contribution in [2.45, 2.75) is 61.2 Å². The Morgan fingerprint density at radius 2 is 2.15 bits per heavy atom. The number of carbonyl (C=O) groups is 1. The number of ketones is 1. The lowest BCUT2D eigenvalue weighted by Crippen LogP contribution is -2.73. The number of rotatable bonds is 0. The van der Waals surface area contributed by atoms with Gasteiger partial charge in [0.1, 0.15) is 0 Å². The molecule has 4 fully saturated rings. The van der Waals surface area contributed by atoms with Gasteiger partial charge in [-0.3, -0.25) is 4.79 Å². The molecule has 1 aliphatic carbocycles. The topological polar surface area (TPSA) is 77.5 Å². The van der Waals surface area contributed by atoms with Gasteiger partial charge in [-0.05, 0) is 31.9 Å². The van der Waals surface area contributed by atoms with Gasteiger partial charge in [0.15, 0.2) is 40.8 Å². The summed E-state index contributed by atoms with van der Waals surface area (Å²) in [6.07, 6.45) is 3.97. The number of hydrogen-bond donors (Lipinski definition) is 1. The van der Waals surface area contributed by atoms with E-state index in [4.69, 9.17) is 18.9 Å². The number of ether oxygens (including phenoxy) is 4. The number of aliphatic hydroxyl groups is 1. The first-order valence-corrected chi connectivity index (χ1v) is 7.08. The number of fused-ring (bicyclic) bond motifs is 1. The van der Waals surface area contributed by atoms with Crippen molar-refractivity contribution >= 4 is 5.78 Å². The van der Waals surface area contributed by atoms with Crippen LogP contribution in [0.3, 0.4) is 0 Å². The van der Waals surface area contributed by atoms with Crippen LogP contribution in [0, 0.1) is 0 Å². The van der Waals surface area contributed by atoms with Crippen molar-refractivity contribution in [3.63, 3.8) is 0 Å². The molecule has 6 atom stereocenters. The third-order valence-electron chi connectivity index (χ3n) is 5.50. The maximum atomic E-state index is 11.8. The smallest absolute Gasteiger partial charge is 0.193 e. The van der Waals surface area contributed by atoms with E-state index in [2.05, 4.69) is 0 Å². The summed E-state index contributed by atoms with van der Waals surface area (Å²) in [6.45, 7) is 2.02. The van der Waals surface area contributed by atoms with Gasteiger partial charge in [0.25, 0.3) is 0 Å². The lowest BCUT2D eigenvalue weighted by Gasteiger charge is -2.52. The van der Waals surface area contributed by atoms with E-state index >= 15 is 0 Å². The van der Waals surface area contributed by atoms with Crippen molar-refractivity contribution in [1.82, 2.24) is 0 Å². The summed E-state index contributed by atoms with van der Waals surface area (Å²) >= 11 is 0. The average molecular weight is 280 g/mol. The second-order valence-corrected chi connectivity index (χ2v) is 6.63. The van der Waals surface area contributed by atoms with E-state index in [-0.39, 0.29) is 12.4 Å². The van der Waals surface area contributed by atoms with E-state index in [0.717, 1.165) is 12.8 Å². The number of hydrogen-bond acceptors (Lipinski definition) is 6. The number of carbonyl (C=O) groups excluding carboxylic acids is 1. The first-order chi connectivity index (χ1) is 9.45. The third kappa shape index (κ3) is 1.00. The van der Waals surface area contributed by atoms with Crippen LogP contribution in [0.15, 0.2) is 12.2 Å². The van der Waals surface area contributed by atoms with Crippen LogP contribution >= 0.6 is 0 Å². The fraction of sp³-hybridized carbons (Fsp3) is 0.786. The third-order valence-corrected chi connectivity index (χ3v) is 5.50. The highest BCUT2D eigenvalue weighted by molar-refractivity contribution is 5.99. The molecule has 0 amide bonds. The Hall–Kier alpha value is -0.790. The van der Waals surface area contributed by atoms with Crippen LogP contribution in [-0.4, -0.2) is 52.5 Å². The Kier molecular flexibility index (Phi) is 1.79. The van der Waals surface area contributed by atoms with Crippen molar-refractivity contribution < 1.29 is 28.8 Å². The van der Waals surface area contributed by atoms with Crippen LogP contribution in [0.1, 0.15) is 26.2 Å². The van der Waals surface area contributed by atoms with Gasteiger partial charge in [-0.25, -0.2) is 0 Å². The second kappa shape index (κ2) is 3.03. The molecule has 0 saturated carbocycles. The Labute approximate surface area is 115 Å². The molecule has 4 saturated heterocycles. The normalized spacial score (nSPS) is 62.6. The van der Waals surface area contributed by atoms with Gasteiger partial charge in [0.05, 0.1) is 6.61 Å². The Bertz CT molecular complexity index is 560. The highest BCUT2D eigenvalue weighted by atomic mass is 16.8. The summed E-state index contributed by atoms with van der Waals surface area (Å²) in [4.78, 5) is 11.8. The summed E-state index contributed by atoms with van der Waals surface area (Å²) in [5.74, 6) is -0.852. The fourth-order valence-electron chi connectivity index (χ4n) is 4.45. The monoisotopic (exact) mass is 280 g/mol. The summed E-state index contributed by atoms with van der Waals surface area (Å²) < 4.78 is 23.4. The van der Waals surface area contributed by atoms with Crippen LogP contribution < -0.4 is 0 Å². The zero-order valence-corrected chi connectivity index (χ0v) is 11.1. The Morgan fingerprint density at radius 3 is 3.00 bits per heavy atom. The maximum absolute atomic E-state index is 11.8. The molecule has 6 heteroatoms. The molecule has 20 heavy (non-hydrogen) atoms. The molecular weight excluding hydrogens is 264 g/mol. The zero-order chi connectivity index (χ0) is 13.8. The zero-order valence-electron chi connectivity index (χ0n) is 11.1. The van der Waals surface area contributed by atoms with Gasteiger partial charge >= 0.3 is 0 Å². The Balaban J connectivity index is 1.70. The molecule has 1 N–H and O–H groups in total. The van der Waals surface area contributed by atoms with E-state index in [1.165, 1.54) is 12.2 Å². The molecule has 5 aliphatic rings. The molecule has 4 heterocycles. The summed E-state index contributed by atoms with van der Waals surface area (Å²) in [6, 6.07) is 0. The van der Waals surface area contributed by atoms with Crippen LogP contribution in [0.5, 0.6) is 0 Å². The van der Waals surface area contributed by atoms with Crippen molar-refractivity contribution in [2.24, 2.45) is 0 Å². The minimum absolute atomic E-state index is 0.120. The van der Waals surface area contributed by atoms with E-state index in [9.17, 15) is 9.90 Å². The van der Waals surface area contributed by atoms with E-state index in [1.54, 1.807) is 0 Å². The summed E-state index contributed by atoms with van der Waals surface area (Å²) in [5.41, 5.74) is -3.36. The van der Waals surface area contributed by atoms with Crippen LogP contribution in [0.2, 0.25) is 0 Å². The highest BCUT2D eigenvalue weighted by Gasteiger charge is 2.84. The lowest BCUT2D eigenvalue weighted by molar-refractivity contribution is -0.282. The molecule has 0 aromatic carbocycles. The molecule has 2 bridgehead atoms. The van der Waals surface area contributed by atoms with E-state index in [0.29, 0.717) is 6.42 Å². The molecule has 2 spiro atoms. The molecule has 108 valence electrons. The molecular formula is C14H16O6. The van der Waals surface area contributed by atoms with Crippen molar-refractivity contribution in [1.29, 1.82) is 0 Å². The fourth-order valence-corrected chi connectivity index (χ4v) is 4.45. The van der Waals surface area contributed by atoms with Gasteiger partial charge in [-0.1, -0.05) is 0 Å². The SMILES string of the molecule is C[C@@]12CCC[C@@]3(O1)C(OC[C@]14O[C@H]1C(=O)C=C[C@]43O)O2. The predicted molar refractivity (Wildman–Crippen MR) is 63.6 cm³/mol. The number of epoxide rings is 1. The van der Waals surface area contributed by atoms with Gasteiger partial charge in [0, 0.05) is 6.42 Å². The van der Waals surface area contributed by atoms with Gasteiger partial charge in [-0.2, -0.15) is 0 Å². The quantitative estimate of drug-likeness (QED) is 0.631.